The molecule has 0 bridgehead atoms. The number of anilines is 1. The standard InChI is InChI=1S/C24H22N4O6/c1-11-2-4-14-13(6-11)24(23(32)26-14)20-19(15(27-24)8-18(25)29)21(30)28(22(20)31)9-12-3-5-16-17(7-12)34-10-33-16/h2-7,15,19-20,27H,8-10H2,1H3,(H2,25,29)(H,26,32)/t15-,19-,20+,24-/m1/s1. The van der Waals surface area contributed by atoms with Crippen LogP contribution in [0.15, 0.2) is 36.4 Å². The molecule has 4 atom stereocenters. The molecule has 0 saturated carbocycles. The third kappa shape index (κ3) is 2.72. The summed E-state index contributed by atoms with van der Waals surface area (Å²) in [6, 6.07) is 9.94. The van der Waals surface area contributed by atoms with Crippen LogP contribution in [0.5, 0.6) is 11.5 Å². The van der Waals surface area contributed by atoms with Crippen LogP contribution in [0.1, 0.15) is 23.1 Å². The molecule has 10 heteroatoms. The molecule has 2 fully saturated rings. The van der Waals surface area contributed by atoms with Gasteiger partial charge >= 0.3 is 0 Å². The number of nitrogens with zero attached hydrogens (tertiary/aromatic N) is 1. The predicted molar refractivity (Wildman–Crippen MR) is 117 cm³/mol. The van der Waals surface area contributed by atoms with Crippen molar-refractivity contribution in [3.8, 4) is 11.5 Å². The zero-order valence-corrected chi connectivity index (χ0v) is 18.3. The molecule has 0 aromatic heterocycles. The Morgan fingerprint density at radius 1 is 1.12 bits per heavy atom. The van der Waals surface area contributed by atoms with E-state index in [2.05, 4.69) is 10.6 Å². The molecular formula is C24H22N4O6. The number of hydrogen-bond acceptors (Lipinski definition) is 7. The Bertz CT molecular complexity index is 1290. The number of amides is 4. The average molecular weight is 462 g/mol. The normalized spacial score (nSPS) is 28.4. The lowest BCUT2D eigenvalue weighted by molar-refractivity contribution is -0.143. The van der Waals surface area contributed by atoms with Crippen LogP contribution >= 0.6 is 0 Å². The number of hydrogen-bond donors (Lipinski definition) is 3. The molecular weight excluding hydrogens is 440 g/mol. The lowest BCUT2D eigenvalue weighted by Crippen LogP contribution is -2.53. The van der Waals surface area contributed by atoms with Crippen LogP contribution in [0, 0.1) is 18.8 Å². The second kappa shape index (κ2) is 7.04. The van der Waals surface area contributed by atoms with E-state index in [0.29, 0.717) is 28.3 Å². The number of primary amides is 1. The monoisotopic (exact) mass is 462 g/mol. The molecule has 2 aromatic carbocycles. The topological polar surface area (TPSA) is 140 Å². The fourth-order valence-electron chi connectivity index (χ4n) is 5.74. The van der Waals surface area contributed by atoms with E-state index in [0.717, 1.165) is 5.56 Å². The van der Waals surface area contributed by atoms with Gasteiger partial charge in [-0.25, -0.2) is 0 Å². The van der Waals surface area contributed by atoms with Crippen molar-refractivity contribution in [1.82, 2.24) is 10.2 Å². The predicted octanol–water partition coefficient (Wildman–Crippen LogP) is 0.520. The molecule has 10 nitrogen and oxygen atoms in total. The van der Waals surface area contributed by atoms with E-state index in [9.17, 15) is 19.2 Å². The molecule has 6 rings (SSSR count). The minimum atomic E-state index is -1.46. The summed E-state index contributed by atoms with van der Waals surface area (Å²) < 4.78 is 10.7. The Kier molecular flexibility index (Phi) is 4.28. The largest absolute Gasteiger partial charge is 0.454 e. The minimum Gasteiger partial charge on any atom is -0.454 e. The molecule has 1 spiro atoms. The first-order chi connectivity index (χ1) is 16.3. The third-order valence-electron chi connectivity index (χ3n) is 7.16. The van der Waals surface area contributed by atoms with Gasteiger partial charge in [0.05, 0.1) is 18.4 Å². The molecule has 4 amide bonds. The number of likely N-dealkylation sites (tertiary alicyclic amines) is 1. The van der Waals surface area contributed by atoms with E-state index in [1.807, 2.05) is 19.1 Å². The number of nitrogens with two attached hydrogens (primary N) is 1. The molecule has 0 radical (unpaired) electrons. The first-order valence-corrected chi connectivity index (χ1v) is 11.0. The summed E-state index contributed by atoms with van der Waals surface area (Å²) in [7, 11) is 0. The Balaban J connectivity index is 1.42. The molecule has 4 aliphatic rings. The molecule has 0 unspecified atom stereocenters. The van der Waals surface area contributed by atoms with Crippen LogP contribution in [-0.4, -0.2) is 41.4 Å². The maximum atomic E-state index is 13.8. The van der Waals surface area contributed by atoms with Crippen molar-refractivity contribution >= 4 is 29.3 Å². The summed E-state index contributed by atoms with van der Waals surface area (Å²) in [4.78, 5) is 53.8. The van der Waals surface area contributed by atoms with Crippen molar-refractivity contribution in [2.75, 3.05) is 12.1 Å². The lowest BCUT2D eigenvalue weighted by atomic mass is 9.76. The second-order valence-corrected chi connectivity index (χ2v) is 9.19. The second-order valence-electron chi connectivity index (χ2n) is 9.19. The first kappa shape index (κ1) is 20.7. The van der Waals surface area contributed by atoms with Crippen LogP contribution < -0.4 is 25.8 Å². The summed E-state index contributed by atoms with van der Waals surface area (Å²) >= 11 is 0. The number of fused-ring (bicyclic) bond motifs is 5. The Morgan fingerprint density at radius 3 is 2.71 bits per heavy atom. The van der Waals surface area contributed by atoms with Crippen LogP contribution in [0.4, 0.5) is 5.69 Å². The third-order valence-corrected chi connectivity index (χ3v) is 7.16. The van der Waals surface area contributed by atoms with E-state index in [1.165, 1.54) is 4.90 Å². The van der Waals surface area contributed by atoms with Gasteiger partial charge in [0.1, 0.15) is 5.54 Å². The van der Waals surface area contributed by atoms with Gasteiger partial charge in [0.2, 0.25) is 30.4 Å². The number of carbonyl (C=O) groups is 4. The Hall–Kier alpha value is -3.92. The smallest absolute Gasteiger partial charge is 0.250 e. The lowest BCUT2D eigenvalue weighted by Gasteiger charge is -2.29. The van der Waals surface area contributed by atoms with E-state index in [-0.39, 0.29) is 19.8 Å². The number of imide groups is 1. The van der Waals surface area contributed by atoms with Crippen molar-refractivity contribution < 1.29 is 28.7 Å². The van der Waals surface area contributed by atoms with Crippen LogP contribution in [0.3, 0.4) is 0 Å². The Labute approximate surface area is 194 Å². The van der Waals surface area contributed by atoms with E-state index in [4.69, 9.17) is 15.2 Å². The molecule has 0 aliphatic carbocycles. The molecule has 2 aromatic rings. The average Bonchev–Trinajstić information content (AvgIpc) is 3.51. The van der Waals surface area contributed by atoms with Gasteiger partial charge < -0.3 is 20.5 Å². The van der Waals surface area contributed by atoms with Crippen LogP contribution in [0.25, 0.3) is 0 Å². The number of benzene rings is 2. The summed E-state index contributed by atoms with van der Waals surface area (Å²) in [6.45, 7) is 2.02. The number of aryl methyl sites for hydroxylation is 1. The van der Waals surface area contributed by atoms with Crippen LogP contribution in [-0.2, 0) is 31.3 Å². The van der Waals surface area contributed by atoms with Gasteiger partial charge in [0, 0.05) is 23.7 Å². The molecule has 174 valence electrons. The maximum Gasteiger partial charge on any atom is 0.250 e. The summed E-state index contributed by atoms with van der Waals surface area (Å²) in [5.41, 5.74) is 6.79. The zero-order valence-electron chi connectivity index (χ0n) is 18.3. The summed E-state index contributed by atoms with van der Waals surface area (Å²) in [6.07, 6.45) is -0.172. The highest BCUT2D eigenvalue weighted by molar-refractivity contribution is 6.15. The maximum absolute atomic E-state index is 13.8. The summed E-state index contributed by atoms with van der Waals surface area (Å²) in [5, 5.41) is 6.04. The van der Waals surface area contributed by atoms with Gasteiger partial charge in [0.15, 0.2) is 11.5 Å². The van der Waals surface area contributed by atoms with Gasteiger partial charge in [-0.15, -0.1) is 0 Å². The summed E-state index contributed by atoms with van der Waals surface area (Å²) in [5.74, 6) is -2.69. The first-order valence-electron chi connectivity index (χ1n) is 11.0. The molecule has 2 saturated heterocycles. The van der Waals surface area contributed by atoms with Crippen molar-refractivity contribution in [2.45, 2.75) is 31.5 Å². The van der Waals surface area contributed by atoms with Gasteiger partial charge in [-0.05, 0) is 30.7 Å². The van der Waals surface area contributed by atoms with Crippen molar-refractivity contribution in [2.24, 2.45) is 17.6 Å². The minimum absolute atomic E-state index is 0.0168. The zero-order chi connectivity index (χ0) is 23.8. The van der Waals surface area contributed by atoms with E-state index in [1.54, 1.807) is 24.3 Å². The fraction of sp³-hybridized carbons (Fsp3) is 0.333. The highest BCUT2D eigenvalue weighted by Gasteiger charge is 2.70. The number of nitrogens with one attached hydrogen (secondary N) is 2. The molecule has 4 N–H and O–H groups in total. The highest BCUT2D eigenvalue weighted by Crippen LogP contribution is 2.53. The van der Waals surface area contributed by atoms with Crippen molar-refractivity contribution in [1.29, 1.82) is 0 Å². The Morgan fingerprint density at radius 2 is 1.91 bits per heavy atom. The van der Waals surface area contributed by atoms with Gasteiger partial charge in [-0.3, -0.25) is 29.4 Å². The van der Waals surface area contributed by atoms with Gasteiger partial charge in [0.25, 0.3) is 0 Å². The van der Waals surface area contributed by atoms with E-state index >= 15 is 0 Å². The molecule has 4 aliphatic heterocycles. The van der Waals surface area contributed by atoms with E-state index < -0.39 is 47.0 Å². The van der Waals surface area contributed by atoms with Gasteiger partial charge in [-0.2, -0.15) is 0 Å². The SMILES string of the molecule is Cc1ccc2c(c1)[C@]1(N[C@H](CC(N)=O)[C@H]3C(=O)N(Cc4ccc5c(c4)OCO5)C(=O)[C@H]31)C(=O)N2. The van der Waals surface area contributed by atoms with Crippen molar-refractivity contribution in [3.05, 3.63) is 53.1 Å². The highest BCUT2D eigenvalue weighted by atomic mass is 16.7. The molecule has 4 heterocycles. The molecule has 34 heavy (non-hydrogen) atoms. The number of rotatable bonds is 4. The quantitative estimate of drug-likeness (QED) is 0.563. The van der Waals surface area contributed by atoms with Crippen molar-refractivity contribution in [3.63, 3.8) is 0 Å². The fourth-order valence-corrected chi connectivity index (χ4v) is 5.74. The van der Waals surface area contributed by atoms with Crippen LogP contribution in [0.2, 0.25) is 0 Å². The number of ether oxygens (including phenoxy) is 2. The number of carbonyl (C=O) groups excluding carboxylic acids is 4. The van der Waals surface area contributed by atoms with Gasteiger partial charge in [-0.1, -0.05) is 23.8 Å².